The largest absolute Gasteiger partial charge is 0.487 e. The second-order valence-electron chi connectivity index (χ2n) is 6.45. The van der Waals surface area contributed by atoms with E-state index >= 15 is 0 Å². The molecular weight excluding hydrogens is 432 g/mol. The molecule has 6 nitrogen and oxygen atoms in total. The second-order valence-corrected chi connectivity index (χ2v) is 8.09. The van der Waals surface area contributed by atoms with Crippen LogP contribution in [-0.4, -0.2) is 22.3 Å². The molecule has 0 aliphatic rings. The summed E-state index contributed by atoms with van der Waals surface area (Å²) in [4.78, 5) is 9.40. The Kier molecular flexibility index (Phi) is 6.35. The molecule has 0 fully saturated rings. The van der Waals surface area contributed by atoms with Gasteiger partial charge in [0.2, 0.25) is 5.90 Å². The molecule has 0 saturated heterocycles. The van der Waals surface area contributed by atoms with Gasteiger partial charge in [0.15, 0.2) is 10.9 Å². The summed E-state index contributed by atoms with van der Waals surface area (Å²) in [6.45, 7) is 0.346. The van der Waals surface area contributed by atoms with Gasteiger partial charge in [-0.25, -0.2) is 9.97 Å². The summed E-state index contributed by atoms with van der Waals surface area (Å²) in [6, 6.07) is 19.2. The molecule has 8 heteroatoms. The minimum atomic E-state index is -0.145. The van der Waals surface area contributed by atoms with E-state index in [1.807, 2.05) is 60.7 Å². The average Bonchev–Trinajstić information content (AvgIpc) is 3.21. The van der Waals surface area contributed by atoms with Crippen molar-refractivity contribution in [3.8, 4) is 5.75 Å². The van der Waals surface area contributed by atoms with Gasteiger partial charge in [-0.1, -0.05) is 48.0 Å². The highest BCUT2D eigenvalue weighted by molar-refractivity contribution is 7.16. The predicted octanol–water partition coefficient (Wildman–Crippen LogP) is 6.07. The lowest BCUT2D eigenvalue weighted by molar-refractivity contribution is 0.302. The van der Waals surface area contributed by atoms with E-state index in [1.165, 1.54) is 11.3 Å². The Morgan fingerprint density at radius 3 is 2.61 bits per heavy atom. The minimum Gasteiger partial charge on any atom is -0.487 e. The van der Waals surface area contributed by atoms with Crippen LogP contribution in [0.5, 0.6) is 5.75 Å². The first-order valence-corrected chi connectivity index (χ1v) is 10.5. The number of thiazole rings is 1. The van der Waals surface area contributed by atoms with E-state index in [2.05, 4.69) is 9.97 Å². The van der Waals surface area contributed by atoms with Crippen molar-refractivity contribution in [2.24, 2.45) is 0 Å². The number of halogens is 1. The lowest BCUT2D eigenvalue weighted by atomic mass is 10.0. The highest BCUT2D eigenvalue weighted by atomic mass is 35.5. The Bertz CT molecular complexity index is 1270. The van der Waals surface area contributed by atoms with Crippen LogP contribution in [0.3, 0.4) is 0 Å². The smallest absolute Gasteiger partial charge is 0.221 e. The third-order valence-electron chi connectivity index (χ3n) is 4.41. The number of ether oxygens (including phenoxy) is 2. The second kappa shape index (κ2) is 9.51. The lowest BCUT2D eigenvalue weighted by Crippen LogP contribution is -2.05. The molecule has 0 radical (unpaired) electrons. The van der Waals surface area contributed by atoms with Gasteiger partial charge in [0.25, 0.3) is 0 Å². The number of benzene rings is 2. The van der Waals surface area contributed by atoms with Gasteiger partial charge < -0.3 is 9.47 Å². The Morgan fingerprint density at radius 1 is 1.06 bits per heavy atom. The van der Waals surface area contributed by atoms with Gasteiger partial charge in [-0.05, 0) is 35.9 Å². The highest BCUT2D eigenvalue weighted by Crippen LogP contribution is 2.26. The van der Waals surface area contributed by atoms with Crippen molar-refractivity contribution in [1.82, 2.24) is 9.97 Å². The summed E-state index contributed by atoms with van der Waals surface area (Å²) in [7, 11) is 0. The summed E-state index contributed by atoms with van der Waals surface area (Å²) in [5, 5.41) is 16.3. The number of pyridine rings is 1. The van der Waals surface area contributed by atoms with Crippen molar-refractivity contribution < 1.29 is 9.47 Å². The Hall–Kier alpha value is -3.55. The van der Waals surface area contributed by atoms with Crippen molar-refractivity contribution >= 4 is 57.8 Å². The van der Waals surface area contributed by atoms with Crippen LogP contribution >= 0.6 is 22.9 Å². The predicted molar refractivity (Wildman–Crippen MR) is 125 cm³/mol. The lowest BCUT2D eigenvalue weighted by Gasteiger charge is -2.10. The Balaban J connectivity index is 1.51. The maximum absolute atomic E-state index is 8.12. The molecule has 0 amide bonds. The zero-order chi connectivity index (χ0) is 21.6. The molecule has 0 bridgehead atoms. The molecule has 2 aromatic carbocycles. The number of hydrogen-bond donors (Lipinski definition) is 2. The molecule has 154 valence electrons. The fourth-order valence-corrected chi connectivity index (χ4v) is 3.85. The minimum absolute atomic E-state index is 0.145. The summed E-state index contributed by atoms with van der Waals surface area (Å²) in [6.07, 6.45) is 4.10. The number of nitrogens with one attached hydrogen (secondary N) is 2. The average molecular weight is 449 g/mol. The molecule has 0 aliphatic heterocycles. The van der Waals surface area contributed by atoms with E-state index in [1.54, 1.807) is 12.3 Å². The Morgan fingerprint density at radius 2 is 1.87 bits per heavy atom. The zero-order valence-electron chi connectivity index (χ0n) is 16.2. The first-order chi connectivity index (χ1) is 15.1. The van der Waals surface area contributed by atoms with Gasteiger partial charge in [0, 0.05) is 22.0 Å². The van der Waals surface area contributed by atoms with E-state index in [9.17, 15) is 0 Å². The molecule has 2 N–H and O–H groups in total. The van der Waals surface area contributed by atoms with Crippen LogP contribution in [0.1, 0.15) is 16.1 Å². The van der Waals surface area contributed by atoms with Crippen molar-refractivity contribution in [1.29, 1.82) is 10.8 Å². The van der Waals surface area contributed by atoms with Crippen LogP contribution in [0.25, 0.3) is 22.6 Å². The van der Waals surface area contributed by atoms with Crippen molar-refractivity contribution in [2.75, 3.05) is 0 Å². The molecule has 0 spiro atoms. The zero-order valence-corrected chi connectivity index (χ0v) is 17.8. The SMILES string of the molecule is N=COC(=N)/C(=C/c1cnc(Cl)s1)c1ccc(OCc2ccc3ccccc3n2)cc1. The maximum atomic E-state index is 8.12. The maximum Gasteiger partial charge on any atom is 0.221 e. The van der Waals surface area contributed by atoms with Crippen LogP contribution in [0, 0.1) is 10.8 Å². The summed E-state index contributed by atoms with van der Waals surface area (Å²) in [5.74, 6) is 0.534. The van der Waals surface area contributed by atoms with Crippen molar-refractivity contribution in [3.05, 3.63) is 87.5 Å². The number of nitrogens with zero attached hydrogens (tertiary/aromatic N) is 2. The number of fused-ring (bicyclic) bond motifs is 1. The van der Waals surface area contributed by atoms with Crippen LogP contribution in [0.4, 0.5) is 0 Å². The number of para-hydroxylation sites is 1. The van der Waals surface area contributed by atoms with Crippen molar-refractivity contribution in [2.45, 2.75) is 6.61 Å². The van der Waals surface area contributed by atoms with E-state index in [-0.39, 0.29) is 5.90 Å². The van der Waals surface area contributed by atoms with Gasteiger partial charge in [0.05, 0.1) is 11.2 Å². The molecule has 0 unspecified atom stereocenters. The molecule has 0 atom stereocenters. The summed E-state index contributed by atoms with van der Waals surface area (Å²) >= 11 is 7.20. The first-order valence-electron chi connectivity index (χ1n) is 9.28. The summed E-state index contributed by atoms with van der Waals surface area (Å²) in [5.41, 5.74) is 3.02. The molecular formula is C23H17ClN4O2S. The van der Waals surface area contributed by atoms with Crippen LogP contribution in [0.2, 0.25) is 4.47 Å². The topological polar surface area (TPSA) is 91.9 Å². The number of rotatable bonds is 7. The monoisotopic (exact) mass is 448 g/mol. The van der Waals surface area contributed by atoms with Gasteiger partial charge in [-0.3, -0.25) is 10.8 Å². The molecule has 2 aromatic heterocycles. The van der Waals surface area contributed by atoms with Gasteiger partial charge in [-0.15, -0.1) is 11.3 Å². The van der Waals surface area contributed by atoms with Gasteiger partial charge in [-0.2, -0.15) is 0 Å². The fraction of sp³-hybridized carbons (Fsp3) is 0.0435. The van der Waals surface area contributed by atoms with Gasteiger partial charge in [0.1, 0.15) is 12.4 Å². The van der Waals surface area contributed by atoms with Crippen LogP contribution in [0.15, 0.2) is 66.9 Å². The summed E-state index contributed by atoms with van der Waals surface area (Å²) < 4.78 is 11.3. The van der Waals surface area contributed by atoms with E-state index in [0.29, 0.717) is 22.4 Å². The van der Waals surface area contributed by atoms with Crippen LogP contribution in [-0.2, 0) is 11.3 Å². The molecule has 0 saturated carbocycles. The van der Waals surface area contributed by atoms with Crippen LogP contribution < -0.4 is 4.74 Å². The van der Waals surface area contributed by atoms with Gasteiger partial charge >= 0.3 is 0 Å². The fourth-order valence-electron chi connectivity index (χ4n) is 2.95. The van der Waals surface area contributed by atoms with E-state index in [0.717, 1.165) is 33.4 Å². The molecule has 31 heavy (non-hydrogen) atoms. The van der Waals surface area contributed by atoms with E-state index in [4.69, 9.17) is 31.9 Å². The number of hydrogen-bond acceptors (Lipinski definition) is 7. The van der Waals surface area contributed by atoms with Crippen molar-refractivity contribution in [3.63, 3.8) is 0 Å². The van der Waals surface area contributed by atoms with E-state index < -0.39 is 0 Å². The molecule has 0 aliphatic carbocycles. The Labute approximate surface area is 187 Å². The third-order valence-corrected chi connectivity index (χ3v) is 5.47. The highest BCUT2D eigenvalue weighted by Gasteiger charge is 2.11. The first kappa shape index (κ1) is 20.7. The third kappa shape index (κ3) is 5.14. The number of aromatic nitrogens is 2. The molecule has 2 heterocycles. The normalized spacial score (nSPS) is 11.3. The quantitative estimate of drug-likeness (QED) is 0.265. The molecule has 4 aromatic rings. The molecule has 4 rings (SSSR count). The standard InChI is InChI=1S/C23H17ClN4O2S/c24-23-27-12-19(31-23)11-20(22(26)30-14-25)15-6-9-18(10-7-15)29-13-17-8-5-16-3-1-2-4-21(16)28-17/h1-12,14,25-26H,13H2/b20-11+,25-14?,26-22?.